The number of hydrogen-bond acceptors (Lipinski definition) is 5. The standard InChI is InChI=1S/C22H24N4O3S/c1-14(2)25-30(27,28)17-5-7-20(24-12-17)22-19(11-23)18-6-4-15(3)10-21(18)26(22)16-8-9-29-13-16/h4-7,10,12,14,16,25H,8-9,13H2,1-3H3/t16-/m1/s1. The number of aryl methyl sites for hydroxylation is 1. The van der Waals surface area contributed by atoms with Gasteiger partial charge in [0.05, 0.1) is 35.1 Å². The molecule has 1 atom stereocenters. The Morgan fingerprint density at radius 2 is 2.10 bits per heavy atom. The van der Waals surface area contributed by atoms with E-state index >= 15 is 0 Å². The first-order chi connectivity index (χ1) is 14.3. The molecule has 0 saturated carbocycles. The van der Waals surface area contributed by atoms with Crippen molar-refractivity contribution < 1.29 is 13.2 Å². The van der Waals surface area contributed by atoms with Gasteiger partial charge in [-0.25, -0.2) is 13.1 Å². The molecule has 7 nitrogen and oxygen atoms in total. The van der Waals surface area contributed by atoms with E-state index in [0.29, 0.717) is 30.2 Å². The molecule has 4 rings (SSSR count). The normalized spacial score (nSPS) is 17.0. The second-order valence-electron chi connectivity index (χ2n) is 7.90. The number of nitrogens with one attached hydrogen (secondary N) is 1. The van der Waals surface area contributed by atoms with Crippen molar-refractivity contribution in [1.29, 1.82) is 5.26 Å². The molecule has 8 heteroatoms. The summed E-state index contributed by atoms with van der Waals surface area (Å²) in [6.45, 7) is 6.79. The number of pyridine rings is 1. The van der Waals surface area contributed by atoms with Crippen molar-refractivity contribution in [2.75, 3.05) is 13.2 Å². The van der Waals surface area contributed by atoms with Gasteiger partial charge in [-0.2, -0.15) is 5.26 Å². The lowest BCUT2D eigenvalue weighted by Crippen LogP contribution is -2.30. The summed E-state index contributed by atoms with van der Waals surface area (Å²) in [6, 6.07) is 11.4. The first-order valence-corrected chi connectivity index (χ1v) is 11.4. The first-order valence-electron chi connectivity index (χ1n) is 9.93. The van der Waals surface area contributed by atoms with Crippen LogP contribution in [0.3, 0.4) is 0 Å². The Balaban J connectivity index is 1.90. The number of benzene rings is 1. The molecular formula is C22H24N4O3S. The van der Waals surface area contributed by atoms with E-state index in [9.17, 15) is 13.7 Å². The predicted molar refractivity (Wildman–Crippen MR) is 115 cm³/mol. The Bertz CT molecular complexity index is 1230. The summed E-state index contributed by atoms with van der Waals surface area (Å²) < 4.78 is 35.2. The smallest absolute Gasteiger partial charge is 0.242 e. The maximum Gasteiger partial charge on any atom is 0.242 e. The lowest BCUT2D eigenvalue weighted by atomic mass is 10.1. The molecule has 1 aliphatic rings. The van der Waals surface area contributed by atoms with Crippen LogP contribution in [0.25, 0.3) is 22.3 Å². The number of ether oxygens (including phenoxy) is 1. The topological polar surface area (TPSA) is 97.0 Å². The maximum atomic E-state index is 12.4. The van der Waals surface area contributed by atoms with E-state index in [-0.39, 0.29) is 17.0 Å². The zero-order valence-electron chi connectivity index (χ0n) is 17.2. The van der Waals surface area contributed by atoms with Gasteiger partial charge in [-0.05, 0) is 51.0 Å². The fraction of sp³-hybridized carbons (Fsp3) is 0.364. The lowest BCUT2D eigenvalue weighted by Gasteiger charge is -2.17. The van der Waals surface area contributed by atoms with Crippen LogP contribution in [0.2, 0.25) is 0 Å². The minimum Gasteiger partial charge on any atom is -0.379 e. The molecule has 3 heterocycles. The number of hydrogen-bond donors (Lipinski definition) is 1. The minimum absolute atomic E-state index is 0.0965. The second-order valence-corrected chi connectivity index (χ2v) is 9.61. The molecule has 1 fully saturated rings. The summed E-state index contributed by atoms with van der Waals surface area (Å²) in [5.41, 5.74) is 3.88. The molecule has 156 valence electrons. The van der Waals surface area contributed by atoms with Crippen molar-refractivity contribution in [3.63, 3.8) is 0 Å². The quantitative estimate of drug-likeness (QED) is 0.676. The molecule has 30 heavy (non-hydrogen) atoms. The van der Waals surface area contributed by atoms with Crippen LogP contribution in [0.1, 0.15) is 37.4 Å². The van der Waals surface area contributed by atoms with E-state index in [1.54, 1.807) is 19.9 Å². The van der Waals surface area contributed by atoms with E-state index in [2.05, 4.69) is 26.4 Å². The van der Waals surface area contributed by atoms with Gasteiger partial charge in [0.1, 0.15) is 11.0 Å². The highest BCUT2D eigenvalue weighted by molar-refractivity contribution is 7.89. The number of sulfonamides is 1. The van der Waals surface area contributed by atoms with Gasteiger partial charge in [0, 0.05) is 24.2 Å². The van der Waals surface area contributed by atoms with Crippen molar-refractivity contribution >= 4 is 20.9 Å². The van der Waals surface area contributed by atoms with Crippen LogP contribution in [-0.4, -0.2) is 37.2 Å². The first kappa shape index (κ1) is 20.5. The average molecular weight is 425 g/mol. The summed E-state index contributed by atoms with van der Waals surface area (Å²) in [4.78, 5) is 4.55. The van der Waals surface area contributed by atoms with E-state index in [1.165, 1.54) is 12.3 Å². The van der Waals surface area contributed by atoms with Crippen molar-refractivity contribution in [2.24, 2.45) is 0 Å². The molecule has 1 aliphatic heterocycles. The molecule has 1 N–H and O–H groups in total. The number of aromatic nitrogens is 2. The fourth-order valence-corrected chi connectivity index (χ4v) is 5.14. The summed E-state index contributed by atoms with van der Waals surface area (Å²) in [5.74, 6) is 0. The monoisotopic (exact) mass is 424 g/mol. The highest BCUT2D eigenvalue weighted by Gasteiger charge is 2.27. The number of nitriles is 1. The molecule has 0 bridgehead atoms. The highest BCUT2D eigenvalue weighted by atomic mass is 32.2. The second kappa shape index (κ2) is 7.84. The van der Waals surface area contributed by atoms with Crippen LogP contribution in [0.15, 0.2) is 41.4 Å². The van der Waals surface area contributed by atoms with Gasteiger partial charge < -0.3 is 9.30 Å². The Morgan fingerprint density at radius 3 is 2.70 bits per heavy atom. The maximum absolute atomic E-state index is 12.4. The summed E-state index contributed by atoms with van der Waals surface area (Å²) in [7, 11) is -3.63. The summed E-state index contributed by atoms with van der Waals surface area (Å²) in [6.07, 6.45) is 2.19. The molecule has 2 aromatic heterocycles. The van der Waals surface area contributed by atoms with Crippen LogP contribution in [0.4, 0.5) is 0 Å². The molecule has 0 spiro atoms. The minimum atomic E-state index is -3.63. The Labute approximate surface area is 176 Å². The Morgan fingerprint density at radius 1 is 1.30 bits per heavy atom. The van der Waals surface area contributed by atoms with E-state index in [0.717, 1.165) is 22.9 Å². The average Bonchev–Trinajstić information content (AvgIpc) is 3.32. The van der Waals surface area contributed by atoms with E-state index in [1.807, 2.05) is 19.1 Å². The molecule has 1 aromatic carbocycles. The molecule has 0 unspecified atom stereocenters. The van der Waals surface area contributed by atoms with Crippen molar-refractivity contribution in [3.05, 3.63) is 47.7 Å². The van der Waals surface area contributed by atoms with Gasteiger partial charge in [0.2, 0.25) is 10.0 Å². The highest BCUT2D eigenvalue weighted by Crippen LogP contribution is 2.38. The molecule has 0 amide bonds. The number of fused-ring (bicyclic) bond motifs is 1. The van der Waals surface area contributed by atoms with Crippen LogP contribution >= 0.6 is 0 Å². The summed E-state index contributed by atoms with van der Waals surface area (Å²) in [5, 5.41) is 10.8. The predicted octanol–water partition coefficient (Wildman–Crippen LogP) is 3.53. The van der Waals surface area contributed by atoms with Crippen LogP contribution < -0.4 is 4.72 Å². The third-order valence-corrected chi connectivity index (χ3v) is 6.87. The van der Waals surface area contributed by atoms with Gasteiger partial charge in [-0.15, -0.1) is 0 Å². The zero-order valence-corrected chi connectivity index (χ0v) is 18.0. The Kier molecular flexibility index (Phi) is 5.36. The van der Waals surface area contributed by atoms with Gasteiger partial charge in [-0.1, -0.05) is 12.1 Å². The molecule has 0 radical (unpaired) electrons. The van der Waals surface area contributed by atoms with Gasteiger partial charge in [0.25, 0.3) is 0 Å². The van der Waals surface area contributed by atoms with Crippen molar-refractivity contribution in [2.45, 2.75) is 44.2 Å². The Hall–Kier alpha value is -2.73. The SMILES string of the molecule is Cc1ccc2c(C#N)c(-c3ccc(S(=O)(=O)NC(C)C)cn3)n([C@@H]3CCOC3)c2c1. The molecule has 3 aromatic rings. The number of nitrogens with zero attached hydrogens (tertiary/aromatic N) is 3. The van der Waals surface area contributed by atoms with E-state index < -0.39 is 10.0 Å². The van der Waals surface area contributed by atoms with Crippen molar-refractivity contribution in [1.82, 2.24) is 14.3 Å². The van der Waals surface area contributed by atoms with Gasteiger partial charge in [0.15, 0.2) is 0 Å². The molecule has 1 saturated heterocycles. The number of rotatable bonds is 5. The van der Waals surface area contributed by atoms with Crippen LogP contribution in [0.5, 0.6) is 0 Å². The summed E-state index contributed by atoms with van der Waals surface area (Å²) >= 11 is 0. The third-order valence-electron chi connectivity index (χ3n) is 5.22. The van der Waals surface area contributed by atoms with Gasteiger partial charge >= 0.3 is 0 Å². The lowest BCUT2D eigenvalue weighted by molar-refractivity contribution is 0.187. The van der Waals surface area contributed by atoms with E-state index in [4.69, 9.17) is 4.74 Å². The molecule has 0 aliphatic carbocycles. The van der Waals surface area contributed by atoms with Gasteiger partial charge in [-0.3, -0.25) is 4.98 Å². The van der Waals surface area contributed by atoms with Crippen LogP contribution in [0, 0.1) is 18.3 Å². The van der Waals surface area contributed by atoms with Crippen LogP contribution in [-0.2, 0) is 14.8 Å². The van der Waals surface area contributed by atoms with Crippen molar-refractivity contribution in [3.8, 4) is 17.5 Å². The third kappa shape index (κ3) is 3.60. The molecular weight excluding hydrogens is 400 g/mol. The fourth-order valence-electron chi connectivity index (χ4n) is 3.95. The largest absolute Gasteiger partial charge is 0.379 e. The zero-order chi connectivity index (χ0) is 21.5.